The van der Waals surface area contributed by atoms with Crippen molar-refractivity contribution in [1.82, 2.24) is 15.5 Å². The summed E-state index contributed by atoms with van der Waals surface area (Å²) in [4.78, 5) is 6.98. The summed E-state index contributed by atoms with van der Waals surface area (Å²) in [5.74, 6) is -0.0864. The maximum Gasteiger partial charge on any atom is 0.210 e. The molecule has 2 aliphatic heterocycles. The molecule has 2 heterocycles. The van der Waals surface area contributed by atoms with Crippen LogP contribution in [0.15, 0.2) is 65.4 Å². The molecule has 0 radical (unpaired) electrons. The number of aryl methyl sites for hydroxylation is 1. The predicted molar refractivity (Wildman–Crippen MR) is 122 cm³/mol. The van der Waals surface area contributed by atoms with Gasteiger partial charge in [-0.25, -0.2) is 4.99 Å². The summed E-state index contributed by atoms with van der Waals surface area (Å²) in [5.41, 5.74) is 11.1. The second-order valence-electron chi connectivity index (χ2n) is 7.93. The molecule has 30 heavy (non-hydrogen) atoms. The van der Waals surface area contributed by atoms with Gasteiger partial charge in [-0.1, -0.05) is 48.0 Å². The van der Waals surface area contributed by atoms with E-state index in [0.29, 0.717) is 0 Å². The fraction of sp³-hybridized carbons (Fsp3) is 0.375. The Hall–Kier alpha value is -2.67. The van der Waals surface area contributed by atoms with Gasteiger partial charge >= 0.3 is 0 Å². The summed E-state index contributed by atoms with van der Waals surface area (Å²) in [6.45, 7) is 7.79. The number of rotatable bonds is 7. The minimum Gasteiger partial charge on any atom is -0.379 e. The first-order valence-electron chi connectivity index (χ1n) is 10.7. The number of nitrogens with one attached hydrogen (secondary N) is 2. The molecule has 0 saturated carbocycles. The molecule has 0 spiro atoms. The highest BCUT2D eigenvalue weighted by molar-refractivity contribution is 5.74. The van der Waals surface area contributed by atoms with Crippen LogP contribution in [-0.4, -0.2) is 50.5 Å². The lowest BCUT2D eigenvalue weighted by Crippen LogP contribution is -2.52. The summed E-state index contributed by atoms with van der Waals surface area (Å²) >= 11 is 0. The molecule has 1 saturated heterocycles. The molecule has 0 bridgehead atoms. The van der Waals surface area contributed by atoms with Crippen molar-refractivity contribution < 1.29 is 4.74 Å². The molecule has 2 aromatic carbocycles. The Balaban J connectivity index is 1.37. The highest BCUT2D eigenvalue weighted by atomic mass is 16.5. The number of nitrogens with two attached hydrogens (primary N) is 1. The van der Waals surface area contributed by atoms with Gasteiger partial charge in [-0.15, -0.1) is 0 Å². The van der Waals surface area contributed by atoms with Crippen LogP contribution in [-0.2, 0) is 10.5 Å². The Kier molecular flexibility index (Phi) is 6.47. The Bertz CT molecular complexity index is 919. The molecule has 0 aliphatic carbocycles. The molecule has 1 atom stereocenters. The molecule has 6 nitrogen and oxygen atoms in total. The van der Waals surface area contributed by atoms with Crippen molar-refractivity contribution in [2.75, 3.05) is 39.4 Å². The number of allylic oxidation sites excluding steroid dienone is 1. The number of hydrogen-bond donors (Lipinski definition) is 3. The SMILES string of the molecule is Cc1cccc(-c2cccc(C3(N)N=CC=C(NCCCN4CCOCC4)N3)c2)c1. The maximum absolute atomic E-state index is 6.66. The molecule has 2 aliphatic rings. The van der Waals surface area contributed by atoms with E-state index in [2.05, 4.69) is 63.8 Å². The van der Waals surface area contributed by atoms with Crippen LogP contribution in [0.1, 0.15) is 17.5 Å². The average molecular weight is 406 g/mol. The van der Waals surface area contributed by atoms with E-state index in [9.17, 15) is 0 Å². The van der Waals surface area contributed by atoms with Gasteiger partial charge < -0.3 is 15.4 Å². The van der Waals surface area contributed by atoms with Crippen LogP contribution in [0, 0.1) is 6.92 Å². The van der Waals surface area contributed by atoms with Crippen molar-refractivity contribution in [3.63, 3.8) is 0 Å². The van der Waals surface area contributed by atoms with Gasteiger partial charge in [-0.2, -0.15) is 0 Å². The highest BCUT2D eigenvalue weighted by Crippen LogP contribution is 2.26. The Labute approximate surface area is 178 Å². The van der Waals surface area contributed by atoms with E-state index in [-0.39, 0.29) is 0 Å². The number of nitrogens with zero attached hydrogens (tertiary/aromatic N) is 2. The second kappa shape index (κ2) is 9.43. The van der Waals surface area contributed by atoms with Gasteiger partial charge in [0.2, 0.25) is 5.79 Å². The zero-order valence-electron chi connectivity index (χ0n) is 17.6. The third-order valence-corrected chi connectivity index (χ3v) is 5.57. The van der Waals surface area contributed by atoms with Crippen molar-refractivity contribution in [3.8, 4) is 11.1 Å². The van der Waals surface area contributed by atoms with Crippen LogP contribution in [0.4, 0.5) is 0 Å². The molecule has 2 aromatic rings. The summed E-state index contributed by atoms with van der Waals surface area (Å²) < 4.78 is 5.40. The Morgan fingerprint density at radius 3 is 2.70 bits per heavy atom. The van der Waals surface area contributed by atoms with Crippen LogP contribution >= 0.6 is 0 Å². The van der Waals surface area contributed by atoms with Crippen LogP contribution in [0.5, 0.6) is 0 Å². The van der Waals surface area contributed by atoms with E-state index in [4.69, 9.17) is 10.5 Å². The zero-order valence-corrected chi connectivity index (χ0v) is 17.6. The molecule has 0 amide bonds. The van der Waals surface area contributed by atoms with Crippen molar-refractivity contribution in [2.45, 2.75) is 19.1 Å². The fourth-order valence-corrected chi connectivity index (χ4v) is 3.87. The topological polar surface area (TPSA) is 74.9 Å². The summed E-state index contributed by atoms with van der Waals surface area (Å²) in [7, 11) is 0. The van der Waals surface area contributed by atoms with E-state index < -0.39 is 5.79 Å². The number of ether oxygens (including phenoxy) is 1. The monoisotopic (exact) mass is 405 g/mol. The van der Waals surface area contributed by atoms with Gasteiger partial charge in [0.1, 0.15) is 5.82 Å². The molecule has 1 unspecified atom stereocenters. The average Bonchev–Trinajstić information content (AvgIpc) is 2.78. The van der Waals surface area contributed by atoms with E-state index >= 15 is 0 Å². The number of hydrogen-bond acceptors (Lipinski definition) is 6. The Morgan fingerprint density at radius 1 is 1.13 bits per heavy atom. The first kappa shape index (κ1) is 20.6. The minimum absolute atomic E-state index is 0.841. The zero-order chi connectivity index (χ0) is 20.8. The first-order chi connectivity index (χ1) is 14.6. The van der Waals surface area contributed by atoms with Crippen molar-refractivity contribution in [1.29, 1.82) is 0 Å². The van der Waals surface area contributed by atoms with Crippen molar-refractivity contribution in [2.24, 2.45) is 10.7 Å². The third kappa shape index (κ3) is 5.08. The first-order valence-corrected chi connectivity index (χ1v) is 10.7. The molecule has 158 valence electrons. The van der Waals surface area contributed by atoms with Crippen molar-refractivity contribution >= 4 is 6.21 Å². The van der Waals surface area contributed by atoms with Crippen LogP contribution in [0.3, 0.4) is 0 Å². The molecular formula is C24H31N5O. The number of morpholine rings is 1. The smallest absolute Gasteiger partial charge is 0.210 e. The lowest BCUT2D eigenvalue weighted by Gasteiger charge is -2.32. The minimum atomic E-state index is -0.985. The standard InChI is InChI=1S/C24H31N5O/c1-19-5-2-6-20(17-19)21-7-3-8-22(18-21)24(25)27-11-9-23(28-24)26-10-4-12-29-13-15-30-16-14-29/h2-3,5-9,11,17-18,26,28H,4,10,12-16,25H2,1H3. The Morgan fingerprint density at radius 2 is 1.90 bits per heavy atom. The summed E-state index contributed by atoms with van der Waals surface area (Å²) in [5, 5.41) is 6.83. The molecule has 6 heteroatoms. The van der Waals surface area contributed by atoms with Gasteiger partial charge in [-0.05, 0) is 43.2 Å². The second-order valence-corrected chi connectivity index (χ2v) is 7.93. The third-order valence-electron chi connectivity index (χ3n) is 5.57. The van der Waals surface area contributed by atoms with Crippen LogP contribution in [0.25, 0.3) is 11.1 Å². The van der Waals surface area contributed by atoms with Crippen LogP contribution in [0.2, 0.25) is 0 Å². The maximum atomic E-state index is 6.66. The lowest BCUT2D eigenvalue weighted by atomic mass is 9.98. The normalized spacial score (nSPS) is 21.7. The molecule has 1 fully saturated rings. The molecular weight excluding hydrogens is 374 g/mol. The molecule has 4 N–H and O–H groups in total. The van der Waals surface area contributed by atoms with Crippen LogP contribution < -0.4 is 16.4 Å². The van der Waals surface area contributed by atoms with Gasteiger partial charge in [0.05, 0.1) is 13.2 Å². The predicted octanol–water partition coefficient (Wildman–Crippen LogP) is 2.56. The van der Waals surface area contributed by atoms with E-state index in [1.165, 1.54) is 11.1 Å². The quantitative estimate of drug-likeness (QED) is 0.618. The summed E-state index contributed by atoms with van der Waals surface area (Å²) in [6.07, 6.45) is 4.78. The van der Waals surface area contributed by atoms with Crippen molar-refractivity contribution in [3.05, 3.63) is 71.6 Å². The number of benzene rings is 2. The molecule has 0 aromatic heterocycles. The van der Waals surface area contributed by atoms with Gasteiger partial charge in [0.15, 0.2) is 0 Å². The lowest BCUT2D eigenvalue weighted by molar-refractivity contribution is 0.0375. The van der Waals surface area contributed by atoms with E-state index in [0.717, 1.165) is 62.8 Å². The fourth-order valence-electron chi connectivity index (χ4n) is 3.87. The van der Waals surface area contributed by atoms with Gasteiger partial charge in [-0.3, -0.25) is 10.6 Å². The van der Waals surface area contributed by atoms with Gasteiger partial charge in [0, 0.05) is 31.4 Å². The summed E-state index contributed by atoms with van der Waals surface area (Å²) in [6, 6.07) is 16.8. The van der Waals surface area contributed by atoms with Gasteiger partial charge in [0.25, 0.3) is 0 Å². The highest BCUT2D eigenvalue weighted by Gasteiger charge is 2.28. The molecule has 4 rings (SSSR count). The van der Waals surface area contributed by atoms with E-state index in [1.54, 1.807) is 6.21 Å². The largest absolute Gasteiger partial charge is 0.379 e. The number of aliphatic imine (C=N–C) groups is 1. The van der Waals surface area contributed by atoms with E-state index in [1.807, 2.05) is 18.2 Å².